The highest BCUT2D eigenvalue weighted by Gasteiger charge is 2.32. The molecule has 0 unspecified atom stereocenters. The van der Waals surface area contributed by atoms with Gasteiger partial charge in [0.05, 0.1) is 6.61 Å². The molecule has 0 radical (unpaired) electrons. The van der Waals surface area contributed by atoms with Gasteiger partial charge in [0.1, 0.15) is 11.0 Å². The van der Waals surface area contributed by atoms with Crippen molar-refractivity contribution in [3.63, 3.8) is 0 Å². The first-order valence-electron chi connectivity index (χ1n) is 11.5. The summed E-state index contributed by atoms with van der Waals surface area (Å²) >= 11 is 1.21. The number of ether oxygens (including phenoxy) is 3. The maximum atomic E-state index is 12.4. The summed E-state index contributed by atoms with van der Waals surface area (Å²) in [5.74, 6) is 1.78. The predicted octanol–water partition coefficient (Wildman–Crippen LogP) is 4.13. The van der Waals surface area contributed by atoms with Crippen molar-refractivity contribution in [3.8, 4) is 17.2 Å². The number of aryl methyl sites for hydroxylation is 1. The van der Waals surface area contributed by atoms with Crippen molar-refractivity contribution in [1.29, 1.82) is 0 Å². The van der Waals surface area contributed by atoms with Gasteiger partial charge in [-0.3, -0.25) is 9.59 Å². The molecule has 4 rings (SSSR count). The molecule has 0 saturated carbocycles. The van der Waals surface area contributed by atoms with Crippen molar-refractivity contribution < 1.29 is 23.8 Å². The zero-order chi connectivity index (χ0) is 24.6. The fourth-order valence-corrected chi connectivity index (χ4v) is 4.34. The molecule has 2 aliphatic heterocycles. The minimum Gasteiger partial charge on any atom is -0.494 e. The highest BCUT2D eigenvalue weighted by atomic mass is 32.2. The Bertz CT molecular complexity index is 1130. The van der Waals surface area contributed by atoms with Gasteiger partial charge < -0.3 is 24.8 Å². The molecule has 9 nitrogen and oxygen atoms in total. The molecular weight excluding hydrogens is 468 g/mol. The highest BCUT2D eigenvalue weighted by Crippen LogP contribution is 2.32. The van der Waals surface area contributed by atoms with E-state index in [0.29, 0.717) is 23.9 Å². The average Bonchev–Trinajstić information content (AvgIpc) is 3.46. The van der Waals surface area contributed by atoms with Crippen LogP contribution in [0.5, 0.6) is 17.2 Å². The Balaban J connectivity index is 1.24. The SMILES string of the molecule is CCCOc1ccc(NC(=O)C[C@H]2S/C(=N/N=C(/C)CCc3ccc4c(c3)OCO4)NC2=O)cc1. The van der Waals surface area contributed by atoms with E-state index in [1.54, 1.807) is 24.3 Å². The maximum absolute atomic E-state index is 12.4. The molecule has 184 valence electrons. The minimum atomic E-state index is -0.551. The summed E-state index contributed by atoms with van der Waals surface area (Å²) in [5.41, 5.74) is 2.60. The number of nitrogens with zero attached hydrogens (tertiary/aromatic N) is 2. The molecule has 2 aromatic carbocycles. The number of nitrogens with one attached hydrogen (secondary N) is 2. The molecule has 1 saturated heterocycles. The fraction of sp³-hybridized carbons (Fsp3) is 0.360. The van der Waals surface area contributed by atoms with E-state index in [1.165, 1.54) is 11.8 Å². The first kappa shape index (κ1) is 24.6. The molecule has 0 aliphatic carbocycles. The van der Waals surface area contributed by atoms with Crippen LogP contribution in [-0.2, 0) is 16.0 Å². The highest BCUT2D eigenvalue weighted by molar-refractivity contribution is 8.15. The van der Waals surface area contributed by atoms with Crippen LogP contribution in [0.25, 0.3) is 0 Å². The summed E-state index contributed by atoms with van der Waals surface area (Å²) in [4.78, 5) is 24.7. The van der Waals surface area contributed by atoms with Gasteiger partial charge >= 0.3 is 0 Å². The smallest absolute Gasteiger partial charge is 0.240 e. The van der Waals surface area contributed by atoms with Crippen molar-refractivity contribution >= 4 is 40.1 Å². The van der Waals surface area contributed by atoms with E-state index in [0.717, 1.165) is 41.4 Å². The Kier molecular flexibility index (Phi) is 8.25. The van der Waals surface area contributed by atoms with E-state index < -0.39 is 5.25 Å². The summed E-state index contributed by atoms with van der Waals surface area (Å²) in [6, 6.07) is 13.0. The number of fused-ring (bicyclic) bond motifs is 1. The average molecular weight is 497 g/mol. The van der Waals surface area contributed by atoms with Gasteiger partial charge in [0.15, 0.2) is 16.7 Å². The van der Waals surface area contributed by atoms with Crippen molar-refractivity contribution in [1.82, 2.24) is 5.32 Å². The Hall–Kier alpha value is -3.53. The number of anilines is 1. The largest absolute Gasteiger partial charge is 0.494 e. The second kappa shape index (κ2) is 11.7. The lowest BCUT2D eigenvalue weighted by molar-refractivity contribution is -0.122. The van der Waals surface area contributed by atoms with E-state index >= 15 is 0 Å². The Morgan fingerprint density at radius 2 is 2.00 bits per heavy atom. The number of hydrogen-bond donors (Lipinski definition) is 2. The molecule has 0 spiro atoms. The standard InChI is InChI=1S/C25H28N4O5S/c1-3-12-32-19-9-7-18(8-10-19)26-23(30)14-22-24(31)27-25(35-22)29-28-16(2)4-5-17-6-11-20-21(13-17)34-15-33-20/h6-11,13,22H,3-5,12,14-15H2,1-2H3,(H,26,30)(H,27,29,31)/b28-16-/t22-/m1/s1. The van der Waals surface area contributed by atoms with Gasteiger partial charge in [-0.1, -0.05) is 24.8 Å². The van der Waals surface area contributed by atoms with Gasteiger partial charge in [-0.15, -0.1) is 5.10 Å². The van der Waals surface area contributed by atoms with Crippen LogP contribution < -0.4 is 24.8 Å². The van der Waals surface area contributed by atoms with E-state index in [1.807, 2.05) is 32.0 Å². The molecule has 0 aromatic heterocycles. The first-order valence-corrected chi connectivity index (χ1v) is 12.4. The number of thioether (sulfide) groups is 1. The molecule has 35 heavy (non-hydrogen) atoms. The quantitative estimate of drug-likeness (QED) is 0.378. The van der Waals surface area contributed by atoms with Crippen molar-refractivity contribution in [3.05, 3.63) is 48.0 Å². The molecule has 2 N–H and O–H groups in total. The molecule has 1 fully saturated rings. The summed E-state index contributed by atoms with van der Waals surface area (Å²) in [6.07, 6.45) is 2.46. The van der Waals surface area contributed by atoms with Gasteiger partial charge in [0.2, 0.25) is 18.6 Å². The number of hydrogen-bond acceptors (Lipinski definition) is 8. The number of amidine groups is 1. The zero-order valence-electron chi connectivity index (χ0n) is 19.7. The lowest BCUT2D eigenvalue weighted by Gasteiger charge is -2.09. The number of carbonyl (C=O) groups excluding carboxylic acids is 2. The number of benzene rings is 2. The van der Waals surface area contributed by atoms with Crippen LogP contribution in [0, 0.1) is 0 Å². The van der Waals surface area contributed by atoms with E-state index in [-0.39, 0.29) is 25.0 Å². The molecule has 10 heteroatoms. The van der Waals surface area contributed by atoms with Gasteiger partial charge in [-0.05, 0) is 68.1 Å². The Morgan fingerprint density at radius 1 is 1.20 bits per heavy atom. The van der Waals surface area contributed by atoms with Crippen molar-refractivity contribution in [2.45, 2.75) is 44.8 Å². The van der Waals surface area contributed by atoms with Crippen LogP contribution in [0.15, 0.2) is 52.7 Å². The molecule has 2 aromatic rings. The maximum Gasteiger partial charge on any atom is 0.240 e. The first-order chi connectivity index (χ1) is 17.0. The minimum absolute atomic E-state index is 0.0381. The van der Waals surface area contributed by atoms with E-state index in [4.69, 9.17) is 14.2 Å². The van der Waals surface area contributed by atoms with E-state index in [2.05, 4.69) is 20.8 Å². The van der Waals surface area contributed by atoms with Gasteiger partial charge in [0, 0.05) is 17.8 Å². The van der Waals surface area contributed by atoms with E-state index in [9.17, 15) is 9.59 Å². The lowest BCUT2D eigenvalue weighted by atomic mass is 10.1. The number of rotatable bonds is 10. The second-order valence-corrected chi connectivity index (χ2v) is 9.34. The van der Waals surface area contributed by atoms with Crippen LogP contribution in [0.2, 0.25) is 0 Å². The summed E-state index contributed by atoms with van der Waals surface area (Å²) < 4.78 is 16.3. The topological polar surface area (TPSA) is 111 Å². The summed E-state index contributed by atoms with van der Waals surface area (Å²) in [7, 11) is 0. The van der Waals surface area contributed by atoms with Crippen molar-refractivity contribution in [2.75, 3.05) is 18.7 Å². The zero-order valence-corrected chi connectivity index (χ0v) is 20.5. The predicted molar refractivity (Wildman–Crippen MR) is 136 cm³/mol. The monoisotopic (exact) mass is 496 g/mol. The molecule has 2 amide bonds. The van der Waals surface area contributed by atoms with Crippen molar-refractivity contribution in [2.24, 2.45) is 10.2 Å². The third-order valence-electron chi connectivity index (χ3n) is 5.28. The van der Waals surface area contributed by atoms with Gasteiger partial charge in [-0.25, -0.2) is 0 Å². The van der Waals surface area contributed by atoms with Crippen LogP contribution in [0.3, 0.4) is 0 Å². The molecule has 2 aliphatic rings. The summed E-state index contributed by atoms with van der Waals surface area (Å²) in [6.45, 7) is 4.83. The molecule has 0 bridgehead atoms. The summed E-state index contributed by atoms with van der Waals surface area (Å²) in [5, 5.41) is 13.8. The number of carbonyl (C=O) groups is 2. The second-order valence-electron chi connectivity index (χ2n) is 8.15. The van der Waals surface area contributed by atoms with Crippen LogP contribution >= 0.6 is 11.8 Å². The Morgan fingerprint density at radius 3 is 2.80 bits per heavy atom. The third-order valence-corrected chi connectivity index (χ3v) is 6.35. The molecule has 1 atom stereocenters. The van der Waals surface area contributed by atoms with Crippen LogP contribution in [-0.4, -0.2) is 41.3 Å². The normalized spacial score (nSPS) is 18.0. The van der Waals surface area contributed by atoms with Crippen LogP contribution in [0.1, 0.15) is 38.7 Å². The molecular formula is C25H28N4O5S. The lowest BCUT2D eigenvalue weighted by Crippen LogP contribution is -2.28. The fourth-order valence-electron chi connectivity index (χ4n) is 3.42. The van der Waals surface area contributed by atoms with Gasteiger partial charge in [-0.2, -0.15) is 5.10 Å². The molecule has 2 heterocycles. The third kappa shape index (κ3) is 6.98. The van der Waals surface area contributed by atoms with Gasteiger partial charge in [0.25, 0.3) is 0 Å². The van der Waals surface area contributed by atoms with Crippen LogP contribution in [0.4, 0.5) is 5.69 Å². The number of amides is 2. The Labute approximate surface area is 208 Å².